The Labute approximate surface area is 211 Å². The average molecular weight is 498 g/mol. The zero-order valence-corrected chi connectivity index (χ0v) is 20.1. The molecule has 0 unspecified atom stereocenters. The van der Waals surface area contributed by atoms with Gasteiger partial charge in [0.2, 0.25) is 0 Å². The number of hydrazone groups is 2. The number of anilines is 2. The maximum Gasteiger partial charge on any atom is 0.335 e. The predicted molar refractivity (Wildman–Crippen MR) is 139 cm³/mol. The van der Waals surface area contributed by atoms with Gasteiger partial charge in [-0.2, -0.15) is 15.2 Å². The Hall–Kier alpha value is -5.12. The van der Waals surface area contributed by atoms with Crippen molar-refractivity contribution < 1.29 is 29.4 Å². The lowest BCUT2D eigenvalue weighted by atomic mass is 9.93. The number of nitrogens with zero attached hydrogens (tertiary/aromatic N) is 3. The zero-order chi connectivity index (χ0) is 26.9. The van der Waals surface area contributed by atoms with Gasteiger partial charge in [-0.15, -0.1) is 0 Å². The van der Waals surface area contributed by atoms with Crippen molar-refractivity contribution in [3.05, 3.63) is 76.3 Å². The highest BCUT2D eigenvalue weighted by molar-refractivity contribution is 6.71. The number of amides is 1. The number of aryl methyl sites for hydroxylation is 2. The first-order chi connectivity index (χ1) is 17.7. The number of carboxylic acids is 1. The van der Waals surface area contributed by atoms with E-state index in [2.05, 4.69) is 15.6 Å². The summed E-state index contributed by atoms with van der Waals surface area (Å²) in [6.45, 7) is 5.51. The highest BCUT2D eigenvalue weighted by Gasteiger charge is 2.31. The molecule has 3 N–H and O–H groups in total. The molecule has 1 aliphatic rings. The number of carboxylic acid groups (broad SMARTS) is 1. The second-order valence-corrected chi connectivity index (χ2v) is 8.41. The molecular weight excluding hydrogens is 476 g/mol. The van der Waals surface area contributed by atoms with Gasteiger partial charge in [0.1, 0.15) is 5.75 Å². The first-order valence-electron chi connectivity index (χ1n) is 11.1. The number of hydrogen-bond donors (Lipinski definition) is 3. The van der Waals surface area contributed by atoms with Crippen LogP contribution < -0.4 is 10.4 Å². The van der Waals surface area contributed by atoms with Crippen LogP contribution in [0.2, 0.25) is 0 Å². The van der Waals surface area contributed by atoms with E-state index in [0.717, 1.165) is 11.1 Å². The molecule has 1 amide bonds. The smallest absolute Gasteiger partial charge is 0.335 e. The normalized spacial score (nSPS) is 14.0. The summed E-state index contributed by atoms with van der Waals surface area (Å²) < 4.78 is 0. The number of rotatable bonds is 7. The summed E-state index contributed by atoms with van der Waals surface area (Å²) in [6, 6.07) is 12.0. The third-order valence-corrected chi connectivity index (χ3v) is 6.04. The van der Waals surface area contributed by atoms with E-state index in [1.54, 1.807) is 13.0 Å². The van der Waals surface area contributed by atoms with Crippen molar-refractivity contribution in [3.63, 3.8) is 0 Å². The quantitative estimate of drug-likeness (QED) is 0.251. The number of carbonyl (C=O) groups is 4. The van der Waals surface area contributed by atoms with Crippen LogP contribution in [0.3, 0.4) is 0 Å². The summed E-state index contributed by atoms with van der Waals surface area (Å²) in [4.78, 5) is 47.8. The highest BCUT2D eigenvalue weighted by Crippen LogP contribution is 2.40. The van der Waals surface area contributed by atoms with E-state index in [4.69, 9.17) is 0 Å². The van der Waals surface area contributed by atoms with Gasteiger partial charge in [-0.05, 0) is 73.9 Å². The third-order valence-electron chi connectivity index (χ3n) is 6.04. The Morgan fingerprint density at radius 3 is 2.32 bits per heavy atom. The fraction of sp³-hybridized carbons (Fsp3) is 0.111. The summed E-state index contributed by atoms with van der Waals surface area (Å²) in [5.74, 6) is -2.17. The van der Waals surface area contributed by atoms with Gasteiger partial charge >= 0.3 is 11.9 Å². The van der Waals surface area contributed by atoms with Crippen molar-refractivity contribution in [2.75, 3.05) is 10.4 Å². The monoisotopic (exact) mass is 498 g/mol. The SMILES string of the molecule is CC1=NN(c2ccc(C)c(C)c2)C(=O)C1=NNc1ccc(C=O)c(-c2cc(C(=O)O)ccc2C=O)c1O. The molecule has 37 heavy (non-hydrogen) atoms. The summed E-state index contributed by atoms with van der Waals surface area (Å²) >= 11 is 0. The van der Waals surface area contributed by atoms with Crippen LogP contribution in [0.15, 0.2) is 58.7 Å². The van der Waals surface area contributed by atoms with Gasteiger partial charge in [-0.1, -0.05) is 12.1 Å². The van der Waals surface area contributed by atoms with E-state index in [9.17, 15) is 29.4 Å². The number of aromatic hydroxyl groups is 1. The Bertz CT molecular complexity index is 1540. The van der Waals surface area contributed by atoms with Gasteiger partial charge in [0.05, 0.1) is 22.6 Å². The lowest BCUT2D eigenvalue weighted by Gasteiger charge is -2.15. The van der Waals surface area contributed by atoms with Crippen molar-refractivity contribution in [2.24, 2.45) is 10.2 Å². The topological polar surface area (TPSA) is 149 Å². The van der Waals surface area contributed by atoms with Crippen molar-refractivity contribution in [1.29, 1.82) is 0 Å². The molecule has 186 valence electrons. The number of aromatic carboxylic acids is 1. The Morgan fingerprint density at radius 1 is 0.973 bits per heavy atom. The molecule has 0 aromatic heterocycles. The highest BCUT2D eigenvalue weighted by atomic mass is 16.4. The maximum absolute atomic E-state index is 13.0. The van der Waals surface area contributed by atoms with Crippen LogP contribution >= 0.6 is 0 Å². The number of phenolic OH excluding ortho intramolecular Hbond substituents is 1. The minimum absolute atomic E-state index is 0.0140. The van der Waals surface area contributed by atoms with E-state index in [-0.39, 0.29) is 39.2 Å². The number of nitrogens with one attached hydrogen (secondary N) is 1. The first kappa shape index (κ1) is 25.0. The molecule has 4 rings (SSSR count). The van der Waals surface area contributed by atoms with Gasteiger partial charge in [0.15, 0.2) is 18.3 Å². The molecular formula is C27H22N4O6. The number of carbonyl (C=O) groups excluding carboxylic acids is 3. The molecule has 1 aliphatic heterocycles. The van der Waals surface area contributed by atoms with Gasteiger partial charge in [-0.3, -0.25) is 19.8 Å². The van der Waals surface area contributed by atoms with E-state index >= 15 is 0 Å². The lowest BCUT2D eigenvalue weighted by molar-refractivity contribution is -0.112. The Kier molecular flexibility index (Phi) is 6.66. The second-order valence-electron chi connectivity index (χ2n) is 8.41. The van der Waals surface area contributed by atoms with Crippen molar-refractivity contribution in [3.8, 4) is 16.9 Å². The number of aldehydes is 2. The summed E-state index contributed by atoms with van der Waals surface area (Å²) in [6.07, 6.45) is 0.971. The van der Waals surface area contributed by atoms with E-state index in [1.807, 2.05) is 26.0 Å². The van der Waals surface area contributed by atoms with Gasteiger partial charge < -0.3 is 10.2 Å². The molecule has 0 fully saturated rings. The molecule has 1 heterocycles. The zero-order valence-electron chi connectivity index (χ0n) is 20.1. The second kappa shape index (κ2) is 9.86. The van der Waals surface area contributed by atoms with Crippen LogP contribution in [0.25, 0.3) is 11.1 Å². The minimum Gasteiger partial charge on any atom is -0.505 e. The fourth-order valence-electron chi connectivity index (χ4n) is 3.86. The Balaban J connectivity index is 1.72. The molecule has 0 aliphatic carbocycles. The fourth-order valence-corrected chi connectivity index (χ4v) is 3.86. The molecule has 0 bridgehead atoms. The minimum atomic E-state index is -1.24. The summed E-state index contributed by atoms with van der Waals surface area (Å²) in [5.41, 5.74) is 5.64. The van der Waals surface area contributed by atoms with Crippen LogP contribution in [0, 0.1) is 13.8 Å². The molecule has 0 saturated carbocycles. The number of phenols is 1. The van der Waals surface area contributed by atoms with Crippen LogP contribution in [-0.2, 0) is 4.79 Å². The van der Waals surface area contributed by atoms with E-state index in [1.165, 1.54) is 35.3 Å². The molecule has 0 saturated heterocycles. The molecule has 0 radical (unpaired) electrons. The largest absolute Gasteiger partial charge is 0.505 e. The van der Waals surface area contributed by atoms with Gasteiger partial charge in [0, 0.05) is 16.7 Å². The Morgan fingerprint density at radius 2 is 1.68 bits per heavy atom. The van der Waals surface area contributed by atoms with Crippen LogP contribution in [0.1, 0.15) is 49.1 Å². The van der Waals surface area contributed by atoms with Gasteiger partial charge in [-0.25, -0.2) is 4.79 Å². The molecule has 3 aromatic carbocycles. The maximum atomic E-state index is 13.0. The standard InChI is InChI=1S/C27H22N4O6/c1-14-4-8-20(10-15(14)2)31-26(35)24(16(3)30-31)29-28-22-9-7-19(13-33)23(25(22)34)21-11-17(27(36)37)5-6-18(21)12-32/h4-13,28,34H,1-3H3,(H,36,37). The first-order valence-corrected chi connectivity index (χ1v) is 11.1. The third kappa shape index (κ3) is 4.59. The van der Waals surface area contributed by atoms with Crippen molar-refractivity contribution in [2.45, 2.75) is 20.8 Å². The molecule has 0 spiro atoms. The molecule has 10 nitrogen and oxygen atoms in total. The average Bonchev–Trinajstić information content (AvgIpc) is 3.17. The molecule has 10 heteroatoms. The van der Waals surface area contributed by atoms with Crippen molar-refractivity contribution in [1.82, 2.24) is 0 Å². The number of benzene rings is 3. The van der Waals surface area contributed by atoms with E-state index in [0.29, 0.717) is 24.0 Å². The summed E-state index contributed by atoms with van der Waals surface area (Å²) in [7, 11) is 0. The number of hydrogen-bond acceptors (Lipinski definition) is 8. The van der Waals surface area contributed by atoms with Crippen LogP contribution in [-0.4, -0.2) is 46.1 Å². The van der Waals surface area contributed by atoms with E-state index < -0.39 is 17.6 Å². The van der Waals surface area contributed by atoms with Crippen LogP contribution in [0.4, 0.5) is 11.4 Å². The lowest BCUT2D eigenvalue weighted by Crippen LogP contribution is -2.28. The van der Waals surface area contributed by atoms with Crippen LogP contribution in [0.5, 0.6) is 5.75 Å². The predicted octanol–water partition coefficient (Wildman–Crippen LogP) is 4.19. The molecule has 3 aromatic rings. The van der Waals surface area contributed by atoms with Crippen molar-refractivity contribution >= 4 is 47.2 Å². The summed E-state index contributed by atoms with van der Waals surface area (Å²) in [5, 5.41) is 30.0. The molecule has 0 atom stereocenters. The van der Waals surface area contributed by atoms with Gasteiger partial charge in [0.25, 0.3) is 0 Å².